The van der Waals surface area contributed by atoms with Crippen LogP contribution in [-0.4, -0.2) is 16.3 Å². The summed E-state index contributed by atoms with van der Waals surface area (Å²) >= 11 is 0. The first-order chi connectivity index (χ1) is 7.60. The lowest BCUT2D eigenvalue weighted by Crippen LogP contribution is -2.17. The average Bonchev–Trinajstić information content (AvgIpc) is 2.28. The van der Waals surface area contributed by atoms with E-state index in [-0.39, 0.29) is 12.1 Å². The van der Waals surface area contributed by atoms with Crippen LogP contribution in [0.2, 0.25) is 0 Å². The molecule has 0 radical (unpaired) electrons. The quantitative estimate of drug-likeness (QED) is 0.636. The van der Waals surface area contributed by atoms with Gasteiger partial charge in [-0.3, -0.25) is 0 Å². The molecule has 2 unspecified atom stereocenters. The Balaban J connectivity index is 2.94. The number of hydrogen-bond donors (Lipinski definition) is 3. The summed E-state index contributed by atoms with van der Waals surface area (Å²) in [6.45, 7) is 0. The second-order valence-corrected chi connectivity index (χ2v) is 3.33. The van der Waals surface area contributed by atoms with E-state index in [0.29, 0.717) is 11.1 Å². The highest BCUT2D eigenvalue weighted by Crippen LogP contribution is 2.22. The first-order valence-electron chi connectivity index (χ1n) is 4.62. The fraction of sp³-hybridized carbons (Fsp3) is 0.273. The van der Waals surface area contributed by atoms with Gasteiger partial charge in [-0.15, -0.1) is 0 Å². The molecule has 0 fully saturated rings. The molecule has 1 rings (SSSR count). The number of nitrogens with zero attached hydrogens (tertiary/aromatic N) is 2. The molecule has 0 aromatic heterocycles. The minimum Gasteiger partial charge on any atom is -0.398 e. The maximum atomic E-state index is 9.67. The topological polar surface area (TPSA) is 114 Å². The Morgan fingerprint density at radius 1 is 1.31 bits per heavy atom. The van der Waals surface area contributed by atoms with Gasteiger partial charge in [-0.2, -0.15) is 10.5 Å². The van der Waals surface area contributed by atoms with Crippen molar-refractivity contribution in [3.63, 3.8) is 0 Å². The molecule has 0 aliphatic rings. The molecule has 1 aromatic rings. The van der Waals surface area contributed by atoms with Crippen LogP contribution >= 0.6 is 0 Å². The zero-order valence-electron chi connectivity index (χ0n) is 8.46. The molecule has 5 nitrogen and oxygen atoms in total. The van der Waals surface area contributed by atoms with Crippen molar-refractivity contribution in [2.45, 2.75) is 18.6 Å². The summed E-state index contributed by atoms with van der Waals surface area (Å²) in [6, 6.07) is 8.04. The summed E-state index contributed by atoms with van der Waals surface area (Å²) in [6.07, 6.45) is -2.49. The Labute approximate surface area is 93.0 Å². The van der Waals surface area contributed by atoms with Gasteiger partial charge >= 0.3 is 0 Å². The molecule has 0 bridgehead atoms. The standard InChI is InChI=1S/C11H11N3O2/c12-4-3-10(15)11(16)7-1-2-8(6-13)9(14)5-7/h1-2,5,10-11,15-16H,3,14H2. The van der Waals surface area contributed by atoms with Crippen molar-refractivity contribution in [3.05, 3.63) is 29.3 Å². The van der Waals surface area contributed by atoms with Gasteiger partial charge in [0.2, 0.25) is 0 Å². The van der Waals surface area contributed by atoms with Gasteiger partial charge in [-0.05, 0) is 17.7 Å². The Morgan fingerprint density at radius 3 is 2.50 bits per heavy atom. The van der Waals surface area contributed by atoms with Crippen molar-refractivity contribution in [2.75, 3.05) is 5.73 Å². The minimum atomic E-state index is -1.17. The van der Waals surface area contributed by atoms with Crippen molar-refractivity contribution >= 4 is 5.69 Å². The molecule has 0 amide bonds. The predicted octanol–water partition coefficient (Wildman–Crippen LogP) is 0.448. The summed E-state index contributed by atoms with van der Waals surface area (Å²) in [4.78, 5) is 0. The highest BCUT2D eigenvalue weighted by Gasteiger charge is 2.18. The summed E-state index contributed by atoms with van der Waals surface area (Å²) in [7, 11) is 0. The van der Waals surface area contributed by atoms with E-state index in [2.05, 4.69) is 0 Å². The monoisotopic (exact) mass is 217 g/mol. The third-order valence-electron chi connectivity index (χ3n) is 2.20. The van der Waals surface area contributed by atoms with Crippen LogP contribution in [0.1, 0.15) is 23.7 Å². The Morgan fingerprint density at radius 2 is 2.00 bits per heavy atom. The molecule has 0 saturated heterocycles. The van der Waals surface area contributed by atoms with Crippen LogP contribution in [0.5, 0.6) is 0 Å². The maximum Gasteiger partial charge on any atom is 0.106 e. The molecule has 0 heterocycles. The molecule has 1 aromatic carbocycles. The van der Waals surface area contributed by atoms with Gasteiger partial charge < -0.3 is 15.9 Å². The van der Waals surface area contributed by atoms with Gasteiger partial charge in [0.25, 0.3) is 0 Å². The average molecular weight is 217 g/mol. The van der Waals surface area contributed by atoms with Gasteiger partial charge in [0, 0.05) is 5.69 Å². The van der Waals surface area contributed by atoms with Gasteiger partial charge in [-0.1, -0.05) is 6.07 Å². The molecule has 0 spiro atoms. The molecule has 16 heavy (non-hydrogen) atoms. The van der Waals surface area contributed by atoms with E-state index in [1.807, 2.05) is 6.07 Å². The Kier molecular flexibility index (Phi) is 3.84. The largest absolute Gasteiger partial charge is 0.398 e. The van der Waals surface area contributed by atoms with E-state index in [9.17, 15) is 10.2 Å². The number of hydrogen-bond acceptors (Lipinski definition) is 5. The molecule has 4 N–H and O–H groups in total. The second kappa shape index (κ2) is 5.13. The lowest BCUT2D eigenvalue weighted by molar-refractivity contribution is 0.0217. The van der Waals surface area contributed by atoms with Crippen LogP contribution < -0.4 is 5.73 Å². The Hall–Kier alpha value is -2.08. The number of benzene rings is 1. The summed E-state index contributed by atoms with van der Waals surface area (Å²) < 4.78 is 0. The Bertz CT molecular complexity index is 459. The number of aliphatic hydroxyl groups excluding tert-OH is 2. The van der Waals surface area contributed by atoms with Crippen LogP contribution in [0.3, 0.4) is 0 Å². The highest BCUT2D eigenvalue weighted by atomic mass is 16.3. The van der Waals surface area contributed by atoms with E-state index in [1.54, 1.807) is 6.07 Å². The lowest BCUT2D eigenvalue weighted by Gasteiger charge is -2.16. The maximum absolute atomic E-state index is 9.67. The van der Waals surface area contributed by atoms with E-state index in [0.717, 1.165) is 0 Å². The van der Waals surface area contributed by atoms with Gasteiger partial charge in [0.1, 0.15) is 12.2 Å². The normalized spacial score (nSPS) is 13.5. The molecule has 5 heteroatoms. The SMILES string of the molecule is N#CCC(O)C(O)c1ccc(C#N)c(N)c1. The second-order valence-electron chi connectivity index (χ2n) is 3.33. The smallest absolute Gasteiger partial charge is 0.106 e. The summed E-state index contributed by atoms with van der Waals surface area (Å²) in [5, 5.41) is 36.1. The van der Waals surface area contributed by atoms with Crippen molar-refractivity contribution in [1.29, 1.82) is 10.5 Å². The van der Waals surface area contributed by atoms with Crippen molar-refractivity contribution < 1.29 is 10.2 Å². The third-order valence-corrected chi connectivity index (χ3v) is 2.20. The van der Waals surface area contributed by atoms with Crippen LogP contribution in [0.4, 0.5) is 5.69 Å². The number of nitrogens with two attached hydrogens (primary N) is 1. The summed E-state index contributed by atoms with van der Waals surface area (Å²) in [5.74, 6) is 0. The number of rotatable bonds is 3. The van der Waals surface area contributed by atoms with Crippen LogP contribution in [-0.2, 0) is 0 Å². The zero-order chi connectivity index (χ0) is 12.1. The fourth-order valence-corrected chi connectivity index (χ4v) is 1.29. The minimum absolute atomic E-state index is 0.166. The molecule has 0 aliphatic carbocycles. The number of nitriles is 2. The van der Waals surface area contributed by atoms with Gasteiger partial charge in [0.15, 0.2) is 0 Å². The number of anilines is 1. The molecule has 0 saturated carbocycles. The predicted molar refractivity (Wildman–Crippen MR) is 56.8 cm³/mol. The molecule has 2 atom stereocenters. The van der Waals surface area contributed by atoms with E-state index in [4.69, 9.17) is 16.3 Å². The van der Waals surface area contributed by atoms with Gasteiger partial charge in [-0.25, -0.2) is 0 Å². The first kappa shape index (κ1) is 12.0. The lowest BCUT2D eigenvalue weighted by atomic mass is 10.0. The summed E-state index contributed by atoms with van der Waals surface area (Å²) in [5.41, 5.74) is 6.50. The van der Waals surface area contributed by atoms with Crippen molar-refractivity contribution in [2.24, 2.45) is 0 Å². The van der Waals surface area contributed by atoms with Crippen LogP contribution in [0.15, 0.2) is 18.2 Å². The van der Waals surface area contributed by atoms with Crippen LogP contribution in [0, 0.1) is 22.7 Å². The van der Waals surface area contributed by atoms with E-state index in [1.165, 1.54) is 18.2 Å². The first-order valence-corrected chi connectivity index (χ1v) is 4.62. The van der Waals surface area contributed by atoms with Gasteiger partial charge in [0.05, 0.1) is 24.2 Å². The molecular weight excluding hydrogens is 206 g/mol. The van der Waals surface area contributed by atoms with Crippen LogP contribution in [0.25, 0.3) is 0 Å². The number of aliphatic hydroxyl groups is 2. The third kappa shape index (κ3) is 2.48. The molecular formula is C11H11N3O2. The van der Waals surface area contributed by atoms with Crippen molar-refractivity contribution in [3.8, 4) is 12.1 Å². The molecule has 0 aliphatic heterocycles. The number of nitrogen functional groups attached to an aromatic ring is 1. The fourth-order valence-electron chi connectivity index (χ4n) is 1.29. The van der Waals surface area contributed by atoms with E-state index >= 15 is 0 Å². The van der Waals surface area contributed by atoms with Crippen molar-refractivity contribution in [1.82, 2.24) is 0 Å². The van der Waals surface area contributed by atoms with E-state index < -0.39 is 12.2 Å². The highest BCUT2D eigenvalue weighted by molar-refractivity contribution is 5.55. The zero-order valence-corrected chi connectivity index (χ0v) is 8.46. The molecule has 82 valence electrons.